The first kappa shape index (κ1) is 9.46. The van der Waals surface area contributed by atoms with Gasteiger partial charge in [-0.3, -0.25) is 0 Å². The number of carbonyl (C=O) groups is 1. The van der Waals surface area contributed by atoms with Crippen LogP contribution in [-0.2, 0) is 4.79 Å². The maximum atomic E-state index is 9.14. The van der Waals surface area contributed by atoms with Gasteiger partial charge in [0.25, 0.3) is 0 Å². The molecule has 30 valence electrons. The van der Waals surface area contributed by atoms with Gasteiger partial charge in [-0.15, -0.1) is 0 Å². The zero-order valence-electron chi connectivity index (χ0n) is 3.18. The van der Waals surface area contributed by atoms with Crippen molar-refractivity contribution in [2.45, 2.75) is 0 Å². The van der Waals surface area contributed by atoms with Gasteiger partial charge in [-0.05, 0) is 6.08 Å². The fourth-order valence-corrected chi connectivity index (χ4v) is 0. The smallest absolute Gasteiger partial charge is 0.545 e. The van der Waals surface area contributed by atoms with Crippen LogP contribution in [0.15, 0.2) is 12.7 Å². The van der Waals surface area contributed by atoms with Crippen molar-refractivity contribution in [2.24, 2.45) is 0 Å². The number of hydrogen-bond donors (Lipinski definition) is 0. The third-order valence-corrected chi connectivity index (χ3v) is 0.167. The van der Waals surface area contributed by atoms with Gasteiger partial charge < -0.3 is 9.90 Å². The van der Waals surface area contributed by atoms with E-state index in [2.05, 4.69) is 6.58 Å². The Kier molecular flexibility index (Phi) is 8.09. The molecule has 0 aromatic carbocycles. The largest absolute Gasteiger partial charge is 1.00 e. The molecule has 0 fully saturated rings. The van der Waals surface area contributed by atoms with Crippen molar-refractivity contribution in [3.05, 3.63) is 12.7 Å². The Morgan fingerprint density at radius 2 is 2.00 bits per heavy atom. The molecule has 0 unspecified atom stereocenters. The van der Waals surface area contributed by atoms with Gasteiger partial charge in [-0.2, -0.15) is 0 Å². The van der Waals surface area contributed by atoms with Gasteiger partial charge in [-0.25, -0.2) is 0 Å². The zero-order valence-corrected chi connectivity index (χ0v) is 7.67. The summed E-state index contributed by atoms with van der Waals surface area (Å²) >= 11 is 0. The van der Waals surface area contributed by atoms with E-state index in [4.69, 9.17) is 9.90 Å². The summed E-state index contributed by atoms with van der Waals surface area (Å²) in [6.45, 7) is 2.90. The third-order valence-electron chi connectivity index (χ3n) is 0.167. The van der Waals surface area contributed by atoms with E-state index in [1.807, 2.05) is 0 Å². The Labute approximate surface area is 56.0 Å². The predicted molar refractivity (Wildman–Crippen MR) is 21.0 cm³/mol. The standard InChI is InChI=1S/C3H4O2.Tl/c1-2-3(4)5;/h2H,1H2,(H,4,5);/q;+1/p-1. The first-order valence-electron chi connectivity index (χ1n) is 1.11. The van der Waals surface area contributed by atoms with Gasteiger partial charge in [0, 0.05) is 0 Å². The van der Waals surface area contributed by atoms with Crippen LogP contribution in [0.2, 0.25) is 0 Å². The summed E-state index contributed by atoms with van der Waals surface area (Å²) in [4.78, 5) is 9.14. The van der Waals surface area contributed by atoms with E-state index in [1.165, 1.54) is 0 Å². The SMILES string of the molecule is C=CC(=O)[O-].[Tl+]. The molecule has 0 spiro atoms. The Balaban J connectivity index is 0. The molecule has 3 heteroatoms. The summed E-state index contributed by atoms with van der Waals surface area (Å²) in [6, 6.07) is 0. The molecule has 0 rings (SSSR count). The van der Waals surface area contributed by atoms with Crippen LogP contribution in [0.1, 0.15) is 0 Å². The molecule has 0 aromatic heterocycles. The average molecular weight is 275 g/mol. The fraction of sp³-hybridized carbons (Fsp3) is 0. The molecule has 0 radical (unpaired) electrons. The summed E-state index contributed by atoms with van der Waals surface area (Å²) in [7, 11) is 0. The van der Waals surface area contributed by atoms with Gasteiger partial charge in [0.1, 0.15) is 0 Å². The van der Waals surface area contributed by atoms with Gasteiger partial charge >= 0.3 is 27.3 Å². The van der Waals surface area contributed by atoms with Crippen molar-refractivity contribution in [2.75, 3.05) is 0 Å². The van der Waals surface area contributed by atoms with E-state index in [1.54, 1.807) is 0 Å². The van der Waals surface area contributed by atoms with Crippen LogP contribution in [0.25, 0.3) is 0 Å². The second-order valence-corrected chi connectivity index (χ2v) is 0.523. The Hall–Kier alpha value is 0.132. The molecule has 0 N–H and O–H groups in total. The molecule has 0 amide bonds. The minimum Gasteiger partial charge on any atom is -0.545 e. The van der Waals surface area contributed by atoms with E-state index in [-0.39, 0.29) is 27.3 Å². The van der Waals surface area contributed by atoms with Crippen LogP contribution in [0.4, 0.5) is 0 Å². The summed E-state index contributed by atoms with van der Waals surface area (Å²) in [5.74, 6) is -1.23. The second kappa shape index (κ2) is 5.13. The summed E-state index contributed by atoms with van der Waals surface area (Å²) in [5.41, 5.74) is 0. The molecule has 0 bridgehead atoms. The van der Waals surface area contributed by atoms with Gasteiger partial charge in [-0.1, -0.05) is 6.58 Å². The number of carbonyl (C=O) groups excluding carboxylic acids is 1. The molecule has 2 nitrogen and oxygen atoms in total. The molecular formula is C3H3O2Tl. The first-order valence-corrected chi connectivity index (χ1v) is 1.11. The van der Waals surface area contributed by atoms with E-state index in [9.17, 15) is 0 Å². The van der Waals surface area contributed by atoms with Crippen LogP contribution >= 0.6 is 0 Å². The van der Waals surface area contributed by atoms with Gasteiger partial charge in [0.2, 0.25) is 0 Å². The quantitative estimate of drug-likeness (QED) is 0.433. The molecule has 6 heavy (non-hydrogen) atoms. The first-order chi connectivity index (χ1) is 2.27. The minimum atomic E-state index is -1.23. The topological polar surface area (TPSA) is 40.1 Å². The number of rotatable bonds is 1. The van der Waals surface area contributed by atoms with E-state index < -0.39 is 5.97 Å². The maximum absolute atomic E-state index is 9.14. The summed E-state index contributed by atoms with van der Waals surface area (Å²) in [6.07, 6.45) is 0.722. The summed E-state index contributed by atoms with van der Waals surface area (Å²) < 4.78 is 0. The van der Waals surface area contributed by atoms with Crippen LogP contribution < -0.4 is 5.11 Å². The van der Waals surface area contributed by atoms with Crippen molar-refractivity contribution in [3.8, 4) is 0 Å². The predicted octanol–water partition coefficient (Wildman–Crippen LogP) is -1.46. The Morgan fingerprint density at radius 1 is 1.83 bits per heavy atom. The Bertz CT molecular complexity index is 59.8. The van der Waals surface area contributed by atoms with E-state index in [0.29, 0.717) is 0 Å². The van der Waals surface area contributed by atoms with Gasteiger partial charge in [0.15, 0.2) is 0 Å². The van der Waals surface area contributed by atoms with Crippen LogP contribution in [-0.4, -0.2) is 33.3 Å². The van der Waals surface area contributed by atoms with E-state index >= 15 is 0 Å². The molecule has 0 aliphatic heterocycles. The molecular weight excluding hydrogens is 272 g/mol. The molecule has 0 atom stereocenters. The molecule has 0 saturated heterocycles. The van der Waals surface area contributed by atoms with Crippen molar-refractivity contribution in [1.29, 1.82) is 0 Å². The van der Waals surface area contributed by atoms with Crippen LogP contribution in [0.5, 0.6) is 0 Å². The zero-order chi connectivity index (χ0) is 4.28. The summed E-state index contributed by atoms with van der Waals surface area (Å²) in [5, 5.41) is 9.14. The average Bonchev–Trinajstić information content (AvgIpc) is 1.38. The van der Waals surface area contributed by atoms with Crippen molar-refractivity contribution < 1.29 is 9.90 Å². The minimum absolute atomic E-state index is 0. The van der Waals surface area contributed by atoms with Crippen molar-refractivity contribution in [1.82, 2.24) is 0 Å². The van der Waals surface area contributed by atoms with Crippen LogP contribution in [0, 0.1) is 0 Å². The Morgan fingerprint density at radius 3 is 2.00 bits per heavy atom. The van der Waals surface area contributed by atoms with Crippen molar-refractivity contribution >= 4 is 33.3 Å². The number of carboxylic acid groups (broad SMARTS) is 1. The molecule has 0 aliphatic rings. The molecule has 0 aliphatic carbocycles. The number of aliphatic carboxylic acids is 1. The fourth-order valence-electron chi connectivity index (χ4n) is 0. The maximum Gasteiger partial charge on any atom is 1.00 e. The normalized spacial score (nSPS) is 5.33. The molecule has 0 aromatic rings. The number of hydrogen-bond acceptors (Lipinski definition) is 2. The number of carboxylic acids is 1. The van der Waals surface area contributed by atoms with Gasteiger partial charge in [0.05, 0.1) is 5.97 Å². The van der Waals surface area contributed by atoms with Crippen molar-refractivity contribution in [3.63, 3.8) is 0 Å². The van der Waals surface area contributed by atoms with Crippen LogP contribution in [0.3, 0.4) is 0 Å². The molecule has 0 saturated carbocycles. The monoisotopic (exact) mass is 276 g/mol. The van der Waals surface area contributed by atoms with E-state index in [0.717, 1.165) is 6.08 Å². The molecule has 0 heterocycles. The third kappa shape index (κ3) is 8.92. The second-order valence-electron chi connectivity index (χ2n) is 0.523.